The predicted octanol–water partition coefficient (Wildman–Crippen LogP) is 7.59. The van der Waals surface area contributed by atoms with Gasteiger partial charge in [-0.05, 0) is 33.5 Å². The normalized spacial score (nSPS) is 12.0. The van der Waals surface area contributed by atoms with Crippen molar-refractivity contribution in [2.45, 2.75) is 129 Å². The van der Waals surface area contributed by atoms with E-state index < -0.39 is 0 Å². The molecule has 0 aromatic carbocycles. The fourth-order valence-corrected chi connectivity index (χ4v) is 4.02. The van der Waals surface area contributed by atoms with Crippen LogP contribution in [0.4, 0.5) is 0 Å². The number of esters is 1. The first-order chi connectivity index (χ1) is 16.1. The van der Waals surface area contributed by atoms with Crippen molar-refractivity contribution >= 4 is 18.4 Å². The Bertz CT molecular complexity index is 410. The fourth-order valence-electron chi connectivity index (χ4n) is 4.02. The van der Waals surface area contributed by atoms with Crippen molar-refractivity contribution in [3.8, 4) is 0 Å². The number of unbranched alkanes of at least 4 members (excludes halogenated alkanes) is 15. The van der Waals surface area contributed by atoms with Crippen LogP contribution in [0, 0.1) is 0 Å². The molecule has 0 amide bonds. The van der Waals surface area contributed by atoms with Gasteiger partial charge in [-0.15, -0.1) is 12.4 Å². The number of hydrogen-bond donors (Lipinski definition) is 0. The Labute approximate surface area is 218 Å². The van der Waals surface area contributed by atoms with Gasteiger partial charge in [0.25, 0.3) is 0 Å². The van der Waals surface area contributed by atoms with Crippen LogP contribution >= 0.6 is 12.4 Å². The summed E-state index contributed by atoms with van der Waals surface area (Å²) in [6, 6.07) is 0. The summed E-state index contributed by atoms with van der Waals surface area (Å²) in [6.45, 7) is 6.96. The van der Waals surface area contributed by atoms with Crippen LogP contribution in [0.5, 0.6) is 0 Å². The molecule has 0 aliphatic carbocycles. The summed E-state index contributed by atoms with van der Waals surface area (Å²) >= 11 is 0. The maximum atomic E-state index is 11.3. The van der Waals surface area contributed by atoms with Gasteiger partial charge in [-0.2, -0.15) is 0 Å². The molecule has 5 nitrogen and oxygen atoms in total. The van der Waals surface area contributed by atoms with Crippen molar-refractivity contribution in [3.05, 3.63) is 0 Å². The first-order valence-corrected chi connectivity index (χ1v) is 14.0. The van der Waals surface area contributed by atoms with Crippen LogP contribution in [-0.2, 0) is 19.0 Å². The highest BCUT2D eigenvalue weighted by atomic mass is 35.5. The first-order valence-electron chi connectivity index (χ1n) is 14.0. The highest BCUT2D eigenvalue weighted by Gasteiger charge is 2.12. The Kier molecular flexibility index (Phi) is 30.4. The summed E-state index contributed by atoms with van der Waals surface area (Å²) in [4.78, 5) is 13.4. The second-order valence-corrected chi connectivity index (χ2v) is 9.84. The van der Waals surface area contributed by atoms with Gasteiger partial charge in [-0.1, -0.05) is 103 Å². The van der Waals surface area contributed by atoms with Crippen LogP contribution in [0.3, 0.4) is 0 Å². The Hall–Kier alpha value is -0.360. The molecule has 0 heterocycles. The summed E-state index contributed by atoms with van der Waals surface area (Å²) in [6.07, 6.45) is 22.6. The molecular weight excluding hydrogens is 450 g/mol. The van der Waals surface area contributed by atoms with E-state index in [0.717, 1.165) is 26.0 Å². The summed E-state index contributed by atoms with van der Waals surface area (Å²) in [5, 5.41) is 0. The van der Waals surface area contributed by atoms with Crippen molar-refractivity contribution in [1.29, 1.82) is 0 Å². The molecule has 6 heteroatoms. The third-order valence-electron chi connectivity index (χ3n) is 5.98. The van der Waals surface area contributed by atoms with Gasteiger partial charge in [0.05, 0.1) is 13.2 Å². The lowest BCUT2D eigenvalue weighted by molar-refractivity contribution is -0.153. The van der Waals surface area contributed by atoms with Gasteiger partial charge >= 0.3 is 5.97 Å². The van der Waals surface area contributed by atoms with Crippen molar-refractivity contribution < 1.29 is 19.0 Å². The molecule has 0 saturated carbocycles. The second-order valence-electron chi connectivity index (χ2n) is 9.84. The van der Waals surface area contributed by atoms with Crippen LogP contribution in [0.15, 0.2) is 0 Å². The van der Waals surface area contributed by atoms with Crippen LogP contribution in [-0.4, -0.2) is 64.0 Å². The Morgan fingerprint density at radius 3 is 1.41 bits per heavy atom. The number of nitrogens with zero attached hydrogens (tertiary/aromatic N) is 1. The molecule has 1 unspecified atom stereocenters. The zero-order chi connectivity index (χ0) is 24.4. The van der Waals surface area contributed by atoms with E-state index in [-0.39, 0.29) is 24.5 Å². The minimum atomic E-state index is -0.303. The van der Waals surface area contributed by atoms with E-state index in [2.05, 4.69) is 11.8 Å². The Morgan fingerprint density at radius 1 is 0.647 bits per heavy atom. The van der Waals surface area contributed by atoms with Gasteiger partial charge in [0.2, 0.25) is 0 Å². The number of hydrogen-bond acceptors (Lipinski definition) is 5. The number of halogens is 1. The van der Waals surface area contributed by atoms with Crippen LogP contribution < -0.4 is 0 Å². The van der Waals surface area contributed by atoms with Crippen LogP contribution in [0.25, 0.3) is 0 Å². The molecule has 0 saturated heterocycles. The topological polar surface area (TPSA) is 48.0 Å². The number of rotatable bonds is 26. The standard InChI is InChI=1S/C28H57NO4.ClH/c1-5-6-7-8-9-10-11-12-13-14-15-16-17-18-19-20-23-31-25-28(33-27(2)30)26-32-24-21-22-29(3)4;/h28H,5-26H2,1-4H3;1H. The van der Waals surface area contributed by atoms with Gasteiger partial charge in [0.1, 0.15) is 6.10 Å². The third-order valence-corrected chi connectivity index (χ3v) is 5.98. The third kappa shape index (κ3) is 29.7. The lowest BCUT2D eigenvalue weighted by Gasteiger charge is -2.18. The molecule has 1 atom stereocenters. The van der Waals surface area contributed by atoms with Gasteiger partial charge < -0.3 is 19.1 Å². The van der Waals surface area contributed by atoms with Crippen molar-refractivity contribution in [2.24, 2.45) is 0 Å². The van der Waals surface area contributed by atoms with Crippen LogP contribution in [0.1, 0.15) is 123 Å². The van der Waals surface area contributed by atoms with Gasteiger partial charge in [-0.3, -0.25) is 4.79 Å². The Balaban J connectivity index is 0. The van der Waals surface area contributed by atoms with E-state index >= 15 is 0 Å². The maximum absolute atomic E-state index is 11.3. The molecule has 34 heavy (non-hydrogen) atoms. The zero-order valence-electron chi connectivity index (χ0n) is 23.1. The summed E-state index contributed by atoms with van der Waals surface area (Å²) in [7, 11) is 4.10. The number of carbonyl (C=O) groups excluding carboxylic acids is 1. The van der Waals surface area contributed by atoms with E-state index in [1.165, 1.54) is 103 Å². The van der Waals surface area contributed by atoms with Crippen molar-refractivity contribution in [1.82, 2.24) is 4.90 Å². The molecule has 0 aromatic rings. The zero-order valence-corrected chi connectivity index (χ0v) is 23.9. The first kappa shape index (κ1) is 35.8. The smallest absolute Gasteiger partial charge is 0.303 e. The molecule has 206 valence electrons. The molecule has 0 spiro atoms. The largest absolute Gasteiger partial charge is 0.458 e. The van der Waals surface area contributed by atoms with E-state index in [4.69, 9.17) is 14.2 Å². The van der Waals surface area contributed by atoms with E-state index in [1.807, 2.05) is 14.1 Å². The number of ether oxygens (including phenoxy) is 3. The monoisotopic (exact) mass is 507 g/mol. The molecule has 0 N–H and O–H groups in total. The quantitative estimate of drug-likeness (QED) is 0.0891. The summed E-state index contributed by atoms with van der Waals surface area (Å²) in [5.74, 6) is -0.275. The molecule has 0 aromatic heterocycles. The van der Waals surface area contributed by atoms with Gasteiger partial charge in [0, 0.05) is 20.1 Å². The van der Waals surface area contributed by atoms with Crippen molar-refractivity contribution in [3.63, 3.8) is 0 Å². The van der Waals surface area contributed by atoms with Gasteiger partial charge in [-0.25, -0.2) is 0 Å². The molecule has 0 aliphatic rings. The maximum Gasteiger partial charge on any atom is 0.303 e. The fraction of sp³-hybridized carbons (Fsp3) is 0.964. The molecular formula is C28H58ClNO4. The highest BCUT2D eigenvalue weighted by Crippen LogP contribution is 2.13. The minimum Gasteiger partial charge on any atom is -0.458 e. The minimum absolute atomic E-state index is 0. The highest BCUT2D eigenvalue weighted by molar-refractivity contribution is 5.85. The second kappa shape index (κ2) is 28.9. The SMILES string of the molecule is CCCCCCCCCCCCCCCCCCOCC(COCCCN(C)C)OC(C)=O.Cl. The molecule has 0 rings (SSSR count). The van der Waals surface area contributed by atoms with Gasteiger partial charge in [0.15, 0.2) is 0 Å². The van der Waals surface area contributed by atoms with E-state index in [0.29, 0.717) is 19.8 Å². The lowest BCUT2D eigenvalue weighted by atomic mass is 10.0. The van der Waals surface area contributed by atoms with E-state index in [9.17, 15) is 4.79 Å². The number of carbonyl (C=O) groups is 1. The molecule has 0 radical (unpaired) electrons. The average Bonchev–Trinajstić information content (AvgIpc) is 2.77. The molecule has 0 aliphatic heterocycles. The summed E-state index contributed by atoms with van der Waals surface area (Å²) in [5.41, 5.74) is 0. The lowest BCUT2D eigenvalue weighted by Crippen LogP contribution is -2.28. The van der Waals surface area contributed by atoms with E-state index in [1.54, 1.807) is 0 Å². The molecule has 0 bridgehead atoms. The summed E-state index contributed by atoms with van der Waals surface area (Å²) < 4.78 is 16.7. The van der Waals surface area contributed by atoms with Crippen LogP contribution in [0.2, 0.25) is 0 Å². The average molecular weight is 508 g/mol. The van der Waals surface area contributed by atoms with Crippen molar-refractivity contribution in [2.75, 3.05) is 47.1 Å². The Morgan fingerprint density at radius 2 is 1.03 bits per heavy atom. The predicted molar refractivity (Wildman–Crippen MR) is 147 cm³/mol. The molecule has 0 fully saturated rings.